The first-order valence-electron chi connectivity index (χ1n) is 8.52. The van der Waals surface area contributed by atoms with Crippen molar-refractivity contribution in [2.45, 2.75) is 6.61 Å². The normalized spacial score (nSPS) is 13.5. The zero-order valence-corrected chi connectivity index (χ0v) is 14.9. The van der Waals surface area contributed by atoms with Crippen LogP contribution in [0.2, 0.25) is 0 Å². The van der Waals surface area contributed by atoms with Gasteiger partial charge in [-0.25, -0.2) is 9.18 Å². The lowest BCUT2D eigenvalue weighted by atomic mass is 9.99. The van der Waals surface area contributed by atoms with Crippen molar-refractivity contribution in [3.05, 3.63) is 58.3 Å². The average Bonchev–Trinajstić information content (AvgIpc) is 2.61. The summed E-state index contributed by atoms with van der Waals surface area (Å²) in [6.07, 6.45) is 0.527. The number of aromatic amines is 1. The molecule has 2 heterocycles. The van der Waals surface area contributed by atoms with Gasteiger partial charge in [-0.05, 0) is 12.1 Å². The number of ether oxygens (including phenoxy) is 2. The van der Waals surface area contributed by atoms with Crippen LogP contribution in [0.15, 0.2) is 46.3 Å². The molecule has 1 amide bonds. The molecule has 1 aliphatic heterocycles. The summed E-state index contributed by atoms with van der Waals surface area (Å²) < 4.78 is 25.1. The molecule has 1 fully saturated rings. The molecule has 10 heteroatoms. The van der Waals surface area contributed by atoms with E-state index >= 15 is 0 Å². The van der Waals surface area contributed by atoms with E-state index in [2.05, 4.69) is 9.98 Å². The lowest BCUT2D eigenvalue weighted by Gasteiger charge is -2.41. The van der Waals surface area contributed by atoms with Crippen molar-refractivity contribution in [1.82, 2.24) is 4.98 Å². The molecule has 0 saturated carbocycles. The number of carbonyl (C=O) groups is 1. The van der Waals surface area contributed by atoms with Crippen LogP contribution in [0, 0.1) is 11.7 Å². The Bertz CT molecular complexity index is 915. The molecule has 9 nitrogen and oxygen atoms in total. The third-order valence-electron chi connectivity index (χ3n) is 4.17. The fourth-order valence-electron chi connectivity index (χ4n) is 2.77. The molecule has 0 unspecified atom stereocenters. The van der Waals surface area contributed by atoms with Crippen LogP contribution in [0.4, 0.5) is 14.9 Å². The van der Waals surface area contributed by atoms with Crippen molar-refractivity contribution in [2.75, 3.05) is 24.6 Å². The predicted octanol–water partition coefficient (Wildman–Crippen LogP) is 0.939. The minimum absolute atomic E-state index is 0.193. The van der Waals surface area contributed by atoms with E-state index in [9.17, 15) is 14.0 Å². The summed E-state index contributed by atoms with van der Waals surface area (Å²) in [5, 5.41) is 0. The second-order valence-electron chi connectivity index (χ2n) is 6.31. The third kappa shape index (κ3) is 4.78. The topological polar surface area (TPSA) is 136 Å². The van der Waals surface area contributed by atoms with Gasteiger partial charge in [0.25, 0.3) is 0 Å². The first-order valence-corrected chi connectivity index (χ1v) is 8.52. The number of rotatable bonds is 6. The Morgan fingerprint density at radius 1 is 1.29 bits per heavy atom. The maximum Gasteiger partial charge on any atom is 0.437 e. The summed E-state index contributed by atoms with van der Waals surface area (Å²) in [5.74, 6) is -0.0709. The fourth-order valence-corrected chi connectivity index (χ4v) is 2.77. The summed E-state index contributed by atoms with van der Waals surface area (Å²) >= 11 is 0. The predicted molar refractivity (Wildman–Crippen MR) is 101 cm³/mol. The van der Waals surface area contributed by atoms with Crippen molar-refractivity contribution in [2.24, 2.45) is 22.4 Å². The SMILES string of the molecule is NC(N)=NC(=O)OCc1cccc(N2CC(COc3ccc(=O)[nH]c3)C2)c1F. The van der Waals surface area contributed by atoms with Crippen molar-refractivity contribution >= 4 is 17.7 Å². The summed E-state index contributed by atoms with van der Waals surface area (Å²) in [6.45, 7) is 1.43. The monoisotopic (exact) mass is 389 g/mol. The number of nitrogens with one attached hydrogen (secondary N) is 1. The number of halogens is 1. The number of aliphatic imine (C=N–C) groups is 1. The van der Waals surface area contributed by atoms with Crippen LogP contribution in [0.1, 0.15) is 5.56 Å². The molecule has 148 valence electrons. The van der Waals surface area contributed by atoms with Crippen LogP contribution < -0.4 is 26.7 Å². The van der Waals surface area contributed by atoms with E-state index in [4.69, 9.17) is 20.9 Å². The zero-order valence-electron chi connectivity index (χ0n) is 14.9. The highest BCUT2D eigenvalue weighted by Gasteiger charge is 2.30. The third-order valence-corrected chi connectivity index (χ3v) is 4.17. The summed E-state index contributed by atoms with van der Waals surface area (Å²) in [5.41, 5.74) is 10.6. The molecule has 28 heavy (non-hydrogen) atoms. The number of hydrogen-bond donors (Lipinski definition) is 3. The van der Waals surface area contributed by atoms with E-state index in [0.717, 1.165) is 0 Å². The number of amides is 1. The molecule has 0 aliphatic carbocycles. The van der Waals surface area contributed by atoms with Crippen molar-refractivity contribution in [1.29, 1.82) is 0 Å². The van der Waals surface area contributed by atoms with Crippen LogP contribution in [-0.2, 0) is 11.3 Å². The highest BCUT2D eigenvalue weighted by Crippen LogP contribution is 2.29. The maximum atomic E-state index is 14.7. The van der Waals surface area contributed by atoms with Crippen LogP contribution in [-0.4, -0.2) is 36.7 Å². The molecule has 3 rings (SSSR count). The summed E-state index contributed by atoms with van der Waals surface area (Å²) in [6, 6.07) is 7.87. The van der Waals surface area contributed by atoms with Gasteiger partial charge in [-0.3, -0.25) is 4.79 Å². The van der Waals surface area contributed by atoms with Crippen molar-refractivity contribution in [3.8, 4) is 5.75 Å². The number of hydrogen-bond acceptors (Lipinski definition) is 5. The van der Waals surface area contributed by atoms with Gasteiger partial charge in [0.05, 0.1) is 12.3 Å². The van der Waals surface area contributed by atoms with Crippen LogP contribution >= 0.6 is 0 Å². The molecule has 0 bridgehead atoms. The fraction of sp³-hybridized carbons (Fsp3) is 0.278. The highest BCUT2D eigenvalue weighted by atomic mass is 19.1. The molecule has 2 aromatic rings. The average molecular weight is 389 g/mol. The number of benzene rings is 1. The van der Waals surface area contributed by atoms with E-state index in [1.165, 1.54) is 18.3 Å². The van der Waals surface area contributed by atoms with Crippen LogP contribution in [0.25, 0.3) is 0 Å². The lowest BCUT2D eigenvalue weighted by Crippen LogP contribution is -2.49. The first kappa shape index (κ1) is 19.2. The Balaban J connectivity index is 1.52. The van der Waals surface area contributed by atoms with E-state index in [1.807, 2.05) is 4.90 Å². The number of aromatic nitrogens is 1. The minimum atomic E-state index is -0.978. The Hall–Kier alpha value is -3.56. The number of nitrogens with two attached hydrogens (primary N) is 2. The van der Waals surface area contributed by atoms with E-state index in [-0.39, 0.29) is 23.6 Å². The smallest absolute Gasteiger partial charge is 0.437 e. The number of carbonyl (C=O) groups excluding carboxylic acids is 1. The molecule has 1 saturated heterocycles. The number of nitrogens with zero attached hydrogens (tertiary/aromatic N) is 2. The number of H-pyrrole nitrogens is 1. The molecule has 1 aromatic carbocycles. The van der Waals surface area contributed by atoms with Gasteiger partial charge in [0.15, 0.2) is 11.8 Å². The van der Waals surface area contributed by atoms with Crippen LogP contribution in [0.5, 0.6) is 5.75 Å². The van der Waals surface area contributed by atoms with E-state index < -0.39 is 17.9 Å². The van der Waals surface area contributed by atoms with Gasteiger partial charge in [0.1, 0.15) is 12.4 Å². The minimum Gasteiger partial charge on any atom is -0.492 e. The van der Waals surface area contributed by atoms with Gasteiger partial charge < -0.3 is 30.8 Å². The summed E-state index contributed by atoms with van der Waals surface area (Å²) in [4.78, 5) is 30.0. The molecule has 1 aliphatic rings. The maximum absolute atomic E-state index is 14.7. The number of pyridine rings is 1. The molecular weight excluding hydrogens is 369 g/mol. The Labute approximate surface area is 159 Å². The Morgan fingerprint density at radius 3 is 2.75 bits per heavy atom. The van der Waals surface area contributed by atoms with Crippen molar-refractivity contribution in [3.63, 3.8) is 0 Å². The second kappa shape index (κ2) is 8.42. The van der Waals surface area contributed by atoms with E-state index in [0.29, 0.717) is 31.1 Å². The molecule has 0 radical (unpaired) electrons. The second-order valence-corrected chi connectivity index (χ2v) is 6.31. The zero-order chi connectivity index (χ0) is 20.1. The molecule has 0 atom stereocenters. The molecule has 5 N–H and O–H groups in total. The quantitative estimate of drug-likeness (QED) is 0.494. The Morgan fingerprint density at radius 2 is 2.07 bits per heavy atom. The van der Waals surface area contributed by atoms with Gasteiger partial charge in [0.2, 0.25) is 5.56 Å². The van der Waals surface area contributed by atoms with Crippen LogP contribution in [0.3, 0.4) is 0 Å². The van der Waals surface area contributed by atoms with Gasteiger partial charge in [-0.2, -0.15) is 0 Å². The molecular formula is C18H20FN5O4. The van der Waals surface area contributed by atoms with E-state index in [1.54, 1.807) is 18.2 Å². The lowest BCUT2D eigenvalue weighted by molar-refractivity contribution is 0.149. The van der Waals surface area contributed by atoms with Gasteiger partial charge in [-0.1, -0.05) is 12.1 Å². The van der Waals surface area contributed by atoms with Crippen molar-refractivity contribution < 1.29 is 18.7 Å². The standard InChI is InChI=1S/C18H20FN5O4/c19-16-12(10-28-18(26)23-17(20)21)2-1-3-14(16)24-7-11(8-24)9-27-13-4-5-15(25)22-6-13/h1-6,11H,7-10H2,(H,22,25)(H4,20,21,23,26). The number of guanidine groups is 1. The number of anilines is 1. The summed E-state index contributed by atoms with van der Waals surface area (Å²) in [7, 11) is 0. The highest BCUT2D eigenvalue weighted by molar-refractivity contribution is 5.87. The first-order chi connectivity index (χ1) is 13.4. The largest absolute Gasteiger partial charge is 0.492 e. The molecule has 0 spiro atoms. The molecule has 1 aromatic heterocycles. The van der Waals surface area contributed by atoms with Gasteiger partial charge in [0, 0.05) is 36.8 Å². The van der Waals surface area contributed by atoms with Gasteiger partial charge >= 0.3 is 6.09 Å². The Kier molecular flexibility index (Phi) is 5.78. The van der Waals surface area contributed by atoms with Gasteiger partial charge in [-0.15, -0.1) is 4.99 Å².